The first-order valence-corrected chi connectivity index (χ1v) is 10.7. The van der Waals surface area contributed by atoms with E-state index >= 15 is 0 Å². The molecule has 158 valence electrons. The van der Waals surface area contributed by atoms with Gasteiger partial charge in [0.1, 0.15) is 11.5 Å². The molecule has 3 aromatic carbocycles. The van der Waals surface area contributed by atoms with Crippen molar-refractivity contribution in [3.63, 3.8) is 0 Å². The maximum absolute atomic E-state index is 5.58. The molecule has 0 aliphatic heterocycles. The molecule has 0 bridgehead atoms. The quantitative estimate of drug-likeness (QED) is 0.376. The van der Waals surface area contributed by atoms with Crippen LogP contribution in [0, 0.1) is 0 Å². The van der Waals surface area contributed by atoms with Crippen molar-refractivity contribution >= 4 is 10.8 Å². The van der Waals surface area contributed by atoms with E-state index in [2.05, 4.69) is 71.8 Å². The third-order valence-corrected chi connectivity index (χ3v) is 5.49. The number of hydrogen-bond donors (Lipinski definition) is 1. The summed E-state index contributed by atoms with van der Waals surface area (Å²) in [4.78, 5) is 4.57. The van der Waals surface area contributed by atoms with Crippen LogP contribution in [0.15, 0.2) is 79.0 Å². The summed E-state index contributed by atoms with van der Waals surface area (Å²) >= 11 is 0. The molecule has 1 atom stereocenters. The summed E-state index contributed by atoms with van der Waals surface area (Å²) < 4.78 is 11.1. The predicted octanol–water partition coefficient (Wildman–Crippen LogP) is 6.16. The SMILES string of the molecule is CCOc1ccc(-c2cc(CN[C@H](C)c3cccc4ccccc34)ccc2OC)nc1. The Balaban J connectivity index is 1.54. The highest BCUT2D eigenvalue weighted by Crippen LogP contribution is 2.31. The zero-order valence-electron chi connectivity index (χ0n) is 18.3. The topological polar surface area (TPSA) is 43.4 Å². The Kier molecular flexibility index (Phi) is 6.48. The van der Waals surface area contributed by atoms with Gasteiger partial charge in [0, 0.05) is 18.2 Å². The zero-order chi connectivity index (χ0) is 21.6. The van der Waals surface area contributed by atoms with Crippen LogP contribution in [0.1, 0.15) is 31.0 Å². The molecule has 1 aromatic heterocycles. The van der Waals surface area contributed by atoms with Crippen LogP contribution >= 0.6 is 0 Å². The van der Waals surface area contributed by atoms with Gasteiger partial charge >= 0.3 is 0 Å². The van der Waals surface area contributed by atoms with Crippen LogP contribution in [0.5, 0.6) is 11.5 Å². The number of methoxy groups -OCH3 is 1. The van der Waals surface area contributed by atoms with Gasteiger partial charge in [-0.05, 0) is 60.0 Å². The number of benzene rings is 3. The van der Waals surface area contributed by atoms with Crippen molar-refractivity contribution in [2.75, 3.05) is 13.7 Å². The van der Waals surface area contributed by atoms with E-state index in [0.29, 0.717) is 6.61 Å². The van der Waals surface area contributed by atoms with Crippen molar-refractivity contribution in [1.29, 1.82) is 0 Å². The third-order valence-electron chi connectivity index (χ3n) is 5.49. The average Bonchev–Trinajstić information content (AvgIpc) is 2.82. The largest absolute Gasteiger partial charge is 0.496 e. The first-order chi connectivity index (χ1) is 15.2. The van der Waals surface area contributed by atoms with E-state index in [1.165, 1.54) is 21.9 Å². The Morgan fingerprint density at radius 1 is 0.968 bits per heavy atom. The minimum Gasteiger partial charge on any atom is -0.496 e. The van der Waals surface area contributed by atoms with Gasteiger partial charge in [0.15, 0.2) is 0 Å². The number of nitrogens with one attached hydrogen (secondary N) is 1. The molecule has 0 fully saturated rings. The van der Waals surface area contributed by atoms with Crippen LogP contribution in [0.25, 0.3) is 22.0 Å². The second kappa shape index (κ2) is 9.63. The number of hydrogen-bond acceptors (Lipinski definition) is 4. The van der Waals surface area contributed by atoms with Gasteiger partial charge in [-0.2, -0.15) is 0 Å². The van der Waals surface area contributed by atoms with E-state index in [1.807, 2.05) is 25.1 Å². The van der Waals surface area contributed by atoms with Crippen molar-refractivity contribution in [2.24, 2.45) is 0 Å². The molecule has 0 amide bonds. The molecule has 0 radical (unpaired) electrons. The summed E-state index contributed by atoms with van der Waals surface area (Å²) in [6.45, 7) is 5.55. The predicted molar refractivity (Wildman–Crippen MR) is 127 cm³/mol. The summed E-state index contributed by atoms with van der Waals surface area (Å²) in [5, 5.41) is 6.22. The van der Waals surface area contributed by atoms with Crippen LogP contribution in [-0.2, 0) is 6.54 Å². The molecule has 4 aromatic rings. The number of ether oxygens (including phenoxy) is 2. The fraction of sp³-hybridized carbons (Fsp3) is 0.222. The summed E-state index contributed by atoms with van der Waals surface area (Å²) in [6.07, 6.45) is 1.76. The van der Waals surface area contributed by atoms with Gasteiger partial charge in [-0.1, -0.05) is 48.5 Å². The van der Waals surface area contributed by atoms with Crippen molar-refractivity contribution in [1.82, 2.24) is 10.3 Å². The Hall–Kier alpha value is -3.37. The lowest BCUT2D eigenvalue weighted by molar-refractivity contribution is 0.339. The smallest absolute Gasteiger partial charge is 0.137 e. The number of pyridine rings is 1. The molecule has 4 nitrogen and oxygen atoms in total. The maximum atomic E-state index is 5.58. The molecule has 1 heterocycles. The molecule has 0 unspecified atom stereocenters. The Labute approximate surface area is 183 Å². The highest BCUT2D eigenvalue weighted by molar-refractivity contribution is 5.86. The number of fused-ring (bicyclic) bond motifs is 1. The van der Waals surface area contributed by atoms with E-state index in [-0.39, 0.29) is 6.04 Å². The van der Waals surface area contributed by atoms with Crippen LogP contribution in [0.4, 0.5) is 0 Å². The first kappa shape index (κ1) is 20.9. The minimum atomic E-state index is 0.222. The lowest BCUT2D eigenvalue weighted by Crippen LogP contribution is -2.18. The molecule has 4 heteroatoms. The van der Waals surface area contributed by atoms with Gasteiger partial charge in [0.2, 0.25) is 0 Å². The van der Waals surface area contributed by atoms with E-state index in [1.54, 1.807) is 13.3 Å². The van der Waals surface area contributed by atoms with E-state index < -0.39 is 0 Å². The van der Waals surface area contributed by atoms with Gasteiger partial charge in [-0.3, -0.25) is 4.98 Å². The lowest BCUT2D eigenvalue weighted by atomic mass is 9.99. The van der Waals surface area contributed by atoms with Gasteiger partial charge in [0.25, 0.3) is 0 Å². The van der Waals surface area contributed by atoms with Crippen LogP contribution in [-0.4, -0.2) is 18.7 Å². The fourth-order valence-electron chi connectivity index (χ4n) is 3.87. The monoisotopic (exact) mass is 412 g/mol. The van der Waals surface area contributed by atoms with Crippen LogP contribution in [0.2, 0.25) is 0 Å². The minimum absolute atomic E-state index is 0.222. The Morgan fingerprint density at radius 2 is 1.81 bits per heavy atom. The van der Waals surface area contributed by atoms with Crippen molar-refractivity contribution in [3.05, 3.63) is 90.1 Å². The highest BCUT2D eigenvalue weighted by Gasteiger charge is 2.12. The van der Waals surface area contributed by atoms with Gasteiger partial charge in [0.05, 0.1) is 25.6 Å². The molecular weight excluding hydrogens is 384 g/mol. The first-order valence-electron chi connectivity index (χ1n) is 10.7. The van der Waals surface area contributed by atoms with Crippen LogP contribution < -0.4 is 14.8 Å². The summed E-state index contributed by atoms with van der Waals surface area (Å²) in [7, 11) is 1.69. The molecule has 1 N–H and O–H groups in total. The van der Waals surface area contributed by atoms with Crippen molar-refractivity contribution in [3.8, 4) is 22.8 Å². The number of nitrogens with zero attached hydrogens (tertiary/aromatic N) is 1. The van der Waals surface area contributed by atoms with E-state index in [0.717, 1.165) is 29.3 Å². The summed E-state index contributed by atoms with van der Waals surface area (Å²) in [5.41, 5.74) is 4.32. The maximum Gasteiger partial charge on any atom is 0.137 e. The molecule has 0 spiro atoms. The van der Waals surface area contributed by atoms with Gasteiger partial charge in [-0.25, -0.2) is 0 Å². The molecule has 31 heavy (non-hydrogen) atoms. The normalized spacial score (nSPS) is 12.0. The Bertz CT molecular complexity index is 1150. The fourth-order valence-corrected chi connectivity index (χ4v) is 3.87. The summed E-state index contributed by atoms with van der Waals surface area (Å²) in [5.74, 6) is 1.58. The van der Waals surface area contributed by atoms with E-state index in [9.17, 15) is 0 Å². The second-order valence-electron chi connectivity index (χ2n) is 7.52. The van der Waals surface area contributed by atoms with Crippen molar-refractivity contribution < 1.29 is 9.47 Å². The standard InChI is InChI=1S/C27H28N2O2/c1-4-31-22-13-14-26(29-18-22)25-16-20(12-15-27(25)30-3)17-28-19(2)23-11-7-9-21-8-5-6-10-24(21)23/h5-16,18-19,28H,4,17H2,1-3H3/t19-/m1/s1. The van der Waals surface area contributed by atoms with Gasteiger partial charge < -0.3 is 14.8 Å². The van der Waals surface area contributed by atoms with Crippen LogP contribution in [0.3, 0.4) is 0 Å². The van der Waals surface area contributed by atoms with E-state index in [4.69, 9.17) is 9.47 Å². The molecule has 0 aliphatic carbocycles. The molecule has 4 rings (SSSR count). The third kappa shape index (κ3) is 4.70. The number of aromatic nitrogens is 1. The molecule has 0 aliphatic rings. The molecule has 0 saturated carbocycles. The van der Waals surface area contributed by atoms with Crippen molar-refractivity contribution in [2.45, 2.75) is 26.4 Å². The number of rotatable bonds is 8. The second-order valence-corrected chi connectivity index (χ2v) is 7.52. The Morgan fingerprint density at radius 3 is 2.58 bits per heavy atom. The molecule has 0 saturated heterocycles. The zero-order valence-corrected chi connectivity index (χ0v) is 18.3. The van der Waals surface area contributed by atoms with Gasteiger partial charge in [-0.15, -0.1) is 0 Å². The lowest BCUT2D eigenvalue weighted by Gasteiger charge is -2.17. The average molecular weight is 413 g/mol. The highest BCUT2D eigenvalue weighted by atomic mass is 16.5. The molecular formula is C27H28N2O2. The summed E-state index contributed by atoms with van der Waals surface area (Å²) in [6, 6.07) is 25.4.